The Hall–Kier alpha value is -2.87. The van der Waals surface area contributed by atoms with Crippen molar-refractivity contribution in [3.05, 3.63) is 95.0 Å². The molecule has 8 heteroatoms. The summed E-state index contributed by atoms with van der Waals surface area (Å²) in [6.45, 7) is 3.88. The minimum absolute atomic E-state index is 0.0400. The Labute approximate surface area is 200 Å². The van der Waals surface area contributed by atoms with Crippen LogP contribution in [0, 0.1) is 5.92 Å². The summed E-state index contributed by atoms with van der Waals surface area (Å²) in [5, 5.41) is 3.10. The van der Waals surface area contributed by atoms with Crippen LogP contribution in [-0.2, 0) is 14.8 Å². The molecule has 0 aromatic heterocycles. The molecule has 0 aliphatic carbocycles. The van der Waals surface area contributed by atoms with E-state index in [2.05, 4.69) is 10.0 Å². The van der Waals surface area contributed by atoms with E-state index in [0.717, 1.165) is 11.1 Å². The highest BCUT2D eigenvalue weighted by Crippen LogP contribution is 2.27. The predicted molar refractivity (Wildman–Crippen MR) is 130 cm³/mol. The van der Waals surface area contributed by atoms with Gasteiger partial charge in [0, 0.05) is 6.54 Å². The average molecular weight is 487 g/mol. The summed E-state index contributed by atoms with van der Waals surface area (Å²) in [5.41, 5.74) is 1.89. The van der Waals surface area contributed by atoms with Crippen LogP contribution >= 0.6 is 11.6 Å². The molecule has 0 heterocycles. The Kier molecular flexibility index (Phi) is 8.49. The molecule has 6 nitrogen and oxygen atoms in total. The van der Waals surface area contributed by atoms with Crippen molar-refractivity contribution in [2.45, 2.75) is 24.8 Å². The molecule has 3 aromatic rings. The van der Waals surface area contributed by atoms with E-state index in [0.29, 0.717) is 6.54 Å². The molecule has 1 amide bonds. The first-order valence-corrected chi connectivity index (χ1v) is 12.4. The second-order valence-electron chi connectivity index (χ2n) is 7.95. The number of carbonyl (C=O) groups is 1. The Morgan fingerprint density at radius 3 is 2.03 bits per heavy atom. The molecule has 0 unspecified atom stereocenters. The molecule has 0 saturated heterocycles. The lowest BCUT2D eigenvalue weighted by Crippen LogP contribution is -2.33. The maximum absolute atomic E-state index is 12.7. The number of nitrogens with one attached hydrogen (secondary N) is 2. The number of benzene rings is 3. The van der Waals surface area contributed by atoms with Gasteiger partial charge in [-0.1, -0.05) is 86.1 Å². The van der Waals surface area contributed by atoms with Crippen molar-refractivity contribution >= 4 is 27.5 Å². The van der Waals surface area contributed by atoms with Crippen LogP contribution in [0.25, 0.3) is 0 Å². The Morgan fingerprint density at radius 2 is 1.52 bits per heavy atom. The maximum atomic E-state index is 12.7. The third-order valence-electron chi connectivity index (χ3n) is 4.83. The second kappa shape index (κ2) is 11.3. The van der Waals surface area contributed by atoms with Crippen LogP contribution in [0.2, 0.25) is 5.02 Å². The molecule has 0 atom stereocenters. The zero-order valence-corrected chi connectivity index (χ0v) is 20.1. The summed E-state index contributed by atoms with van der Waals surface area (Å²) in [4.78, 5) is 12.7. The maximum Gasteiger partial charge on any atom is 0.258 e. The van der Waals surface area contributed by atoms with Crippen molar-refractivity contribution in [2.24, 2.45) is 5.92 Å². The molecule has 0 radical (unpaired) electrons. The number of hydrogen-bond donors (Lipinski definition) is 2. The molecule has 174 valence electrons. The normalized spacial score (nSPS) is 11.5. The lowest BCUT2D eigenvalue weighted by atomic mass is 9.99. The van der Waals surface area contributed by atoms with Gasteiger partial charge in [-0.25, -0.2) is 13.1 Å². The Balaban J connectivity index is 1.67. The fourth-order valence-electron chi connectivity index (χ4n) is 3.12. The van der Waals surface area contributed by atoms with Crippen molar-refractivity contribution in [3.8, 4) is 5.75 Å². The van der Waals surface area contributed by atoms with Gasteiger partial charge in [0.1, 0.15) is 5.75 Å². The molecule has 0 aliphatic rings. The molecule has 0 spiro atoms. The summed E-state index contributed by atoms with van der Waals surface area (Å²) >= 11 is 6.23. The van der Waals surface area contributed by atoms with Crippen LogP contribution in [0.15, 0.2) is 83.8 Å². The number of ether oxygens (including phenoxy) is 1. The van der Waals surface area contributed by atoms with E-state index in [4.69, 9.17) is 16.3 Å². The topological polar surface area (TPSA) is 84.5 Å². The molecule has 0 fully saturated rings. The minimum Gasteiger partial charge on any atom is -0.482 e. The Morgan fingerprint density at radius 1 is 0.939 bits per heavy atom. The highest BCUT2D eigenvalue weighted by atomic mass is 35.5. The van der Waals surface area contributed by atoms with E-state index in [9.17, 15) is 13.2 Å². The van der Waals surface area contributed by atoms with Crippen molar-refractivity contribution in [2.75, 3.05) is 13.2 Å². The summed E-state index contributed by atoms with van der Waals surface area (Å²) in [6, 6.07) is 23.1. The molecule has 3 aromatic carbocycles. The van der Waals surface area contributed by atoms with Crippen LogP contribution in [0.1, 0.15) is 31.0 Å². The van der Waals surface area contributed by atoms with Gasteiger partial charge in [-0.2, -0.15) is 0 Å². The van der Waals surface area contributed by atoms with Gasteiger partial charge in [-0.3, -0.25) is 4.79 Å². The molecular weight excluding hydrogens is 460 g/mol. The first-order valence-electron chi connectivity index (χ1n) is 10.6. The predicted octanol–water partition coefficient (Wildman–Crippen LogP) is 4.56. The van der Waals surface area contributed by atoms with E-state index in [-0.39, 0.29) is 40.1 Å². The number of sulfonamides is 1. The van der Waals surface area contributed by atoms with Gasteiger partial charge in [-0.15, -0.1) is 0 Å². The third-order valence-corrected chi connectivity index (χ3v) is 6.54. The van der Waals surface area contributed by atoms with Crippen molar-refractivity contribution in [1.82, 2.24) is 10.0 Å². The zero-order valence-electron chi connectivity index (χ0n) is 18.5. The van der Waals surface area contributed by atoms with Crippen LogP contribution < -0.4 is 14.8 Å². The molecule has 0 aliphatic heterocycles. The number of carbonyl (C=O) groups excluding carboxylic acids is 1. The summed E-state index contributed by atoms with van der Waals surface area (Å²) in [5.74, 6) is 0.0663. The average Bonchev–Trinajstić information content (AvgIpc) is 2.81. The van der Waals surface area contributed by atoms with Crippen molar-refractivity contribution in [1.29, 1.82) is 0 Å². The summed E-state index contributed by atoms with van der Waals surface area (Å²) in [6.07, 6.45) is 0. The fraction of sp³-hybridized carbons (Fsp3) is 0.240. The summed E-state index contributed by atoms with van der Waals surface area (Å²) in [7, 11) is -3.67. The van der Waals surface area contributed by atoms with E-state index in [1.165, 1.54) is 18.2 Å². The highest BCUT2D eigenvalue weighted by Gasteiger charge is 2.19. The molecule has 33 heavy (non-hydrogen) atoms. The summed E-state index contributed by atoms with van der Waals surface area (Å²) < 4.78 is 32.9. The van der Waals surface area contributed by atoms with E-state index >= 15 is 0 Å². The van der Waals surface area contributed by atoms with Gasteiger partial charge in [0.05, 0.1) is 16.0 Å². The van der Waals surface area contributed by atoms with Crippen molar-refractivity contribution in [3.63, 3.8) is 0 Å². The van der Waals surface area contributed by atoms with Gasteiger partial charge < -0.3 is 10.1 Å². The van der Waals surface area contributed by atoms with Crippen LogP contribution in [-0.4, -0.2) is 27.5 Å². The van der Waals surface area contributed by atoms with Gasteiger partial charge >= 0.3 is 0 Å². The van der Waals surface area contributed by atoms with Gasteiger partial charge in [0.15, 0.2) is 6.61 Å². The lowest BCUT2D eigenvalue weighted by Gasteiger charge is -2.20. The second-order valence-corrected chi connectivity index (χ2v) is 10.1. The monoisotopic (exact) mass is 486 g/mol. The highest BCUT2D eigenvalue weighted by molar-refractivity contribution is 7.89. The standard InChI is InChI=1S/C25H27ClN2O4S/c1-18(2)16-27-33(30,31)21-13-14-23(22(26)15-21)32-17-24(29)28-25(19-9-5-3-6-10-19)20-11-7-4-8-12-20/h3-15,18,25,27H,16-17H2,1-2H3,(H,28,29). The fourth-order valence-corrected chi connectivity index (χ4v) is 4.66. The van der Waals surface area contributed by atoms with Gasteiger partial charge in [-0.05, 0) is 35.2 Å². The van der Waals surface area contributed by atoms with Gasteiger partial charge in [0.2, 0.25) is 10.0 Å². The van der Waals surface area contributed by atoms with E-state index < -0.39 is 10.0 Å². The van der Waals surface area contributed by atoms with Crippen LogP contribution in [0.3, 0.4) is 0 Å². The number of hydrogen-bond acceptors (Lipinski definition) is 4. The molecule has 2 N–H and O–H groups in total. The van der Waals surface area contributed by atoms with Crippen LogP contribution in [0.5, 0.6) is 5.75 Å². The smallest absolute Gasteiger partial charge is 0.258 e. The van der Waals surface area contributed by atoms with Crippen molar-refractivity contribution < 1.29 is 17.9 Å². The van der Waals surface area contributed by atoms with Gasteiger partial charge in [0.25, 0.3) is 5.91 Å². The Bertz CT molecular complexity index is 1130. The van der Waals surface area contributed by atoms with Crippen LogP contribution in [0.4, 0.5) is 0 Å². The van der Waals surface area contributed by atoms with E-state index in [1.807, 2.05) is 74.5 Å². The third kappa shape index (κ3) is 7.05. The minimum atomic E-state index is -3.67. The molecule has 3 rings (SSSR count). The quantitative estimate of drug-likeness (QED) is 0.440. The first-order chi connectivity index (χ1) is 15.8. The first kappa shape index (κ1) is 24.8. The zero-order chi connectivity index (χ0) is 23.8. The molecular formula is C25H27ClN2O4S. The largest absolute Gasteiger partial charge is 0.482 e. The number of amides is 1. The molecule has 0 bridgehead atoms. The SMILES string of the molecule is CC(C)CNS(=O)(=O)c1ccc(OCC(=O)NC(c2ccccc2)c2ccccc2)c(Cl)c1. The lowest BCUT2D eigenvalue weighted by molar-refractivity contribution is -0.123. The number of halogens is 1. The van der Waals surface area contributed by atoms with E-state index in [1.54, 1.807) is 0 Å². The molecule has 0 saturated carbocycles. The number of rotatable bonds is 10.